The van der Waals surface area contributed by atoms with Gasteiger partial charge in [-0.15, -0.1) is 0 Å². The summed E-state index contributed by atoms with van der Waals surface area (Å²) in [5.41, 5.74) is -2.75. The predicted octanol–water partition coefficient (Wildman–Crippen LogP) is 2.81. The van der Waals surface area contributed by atoms with E-state index in [9.17, 15) is 37.8 Å². The van der Waals surface area contributed by atoms with Gasteiger partial charge in [-0.2, -0.15) is 13.2 Å². The Morgan fingerprint density at radius 1 is 1.21 bits per heavy atom. The van der Waals surface area contributed by atoms with Crippen molar-refractivity contribution in [2.75, 3.05) is 0 Å². The van der Waals surface area contributed by atoms with E-state index in [0.29, 0.717) is 6.07 Å². The highest BCUT2D eigenvalue weighted by molar-refractivity contribution is 5.99. The highest BCUT2D eigenvalue weighted by atomic mass is 19.4. The van der Waals surface area contributed by atoms with Crippen molar-refractivity contribution in [3.8, 4) is 0 Å². The van der Waals surface area contributed by atoms with Crippen LogP contribution in [0, 0.1) is 0 Å². The Balaban J connectivity index is 2.80. The molecule has 1 aromatic rings. The number of imide groups is 1. The second-order valence-corrected chi connectivity index (χ2v) is 4.91. The molecule has 1 atom stereocenters. The topological polar surface area (TPSA) is 107 Å². The predicted molar refractivity (Wildman–Crippen MR) is 72.9 cm³/mol. The van der Waals surface area contributed by atoms with Crippen LogP contribution >= 0.6 is 0 Å². The van der Waals surface area contributed by atoms with Gasteiger partial charge in [-0.1, -0.05) is 18.2 Å². The number of urea groups is 1. The summed E-state index contributed by atoms with van der Waals surface area (Å²) in [4.78, 5) is 34.7. The zero-order chi connectivity index (χ0) is 18.2. The molecule has 0 aliphatic carbocycles. The van der Waals surface area contributed by atoms with Crippen LogP contribution in [-0.2, 0) is 11.0 Å². The molecule has 0 bridgehead atoms. The minimum atomic E-state index is -4.85. The SMILES string of the molecule is CC1=C(C(=O)O)C(c2ccccc2C(F)(F)F)N(C(=O)O)C(=O)N1. The van der Waals surface area contributed by atoms with Crippen LogP contribution in [0.3, 0.4) is 0 Å². The second-order valence-electron chi connectivity index (χ2n) is 4.91. The Morgan fingerprint density at radius 3 is 2.29 bits per heavy atom. The van der Waals surface area contributed by atoms with E-state index in [0.717, 1.165) is 12.1 Å². The van der Waals surface area contributed by atoms with Crippen LogP contribution in [-0.4, -0.2) is 33.2 Å². The molecule has 7 nitrogen and oxygen atoms in total. The number of hydrogen-bond donors (Lipinski definition) is 3. The van der Waals surface area contributed by atoms with E-state index in [4.69, 9.17) is 0 Å². The highest BCUT2D eigenvalue weighted by Crippen LogP contribution is 2.41. The number of carbonyl (C=O) groups is 3. The second kappa shape index (κ2) is 5.87. The molecule has 0 saturated carbocycles. The zero-order valence-corrected chi connectivity index (χ0v) is 12.1. The monoisotopic (exact) mass is 344 g/mol. The molecule has 3 amide bonds. The van der Waals surface area contributed by atoms with E-state index in [-0.39, 0.29) is 10.6 Å². The molecule has 0 spiro atoms. The van der Waals surface area contributed by atoms with E-state index in [2.05, 4.69) is 0 Å². The maximum atomic E-state index is 13.2. The van der Waals surface area contributed by atoms with Crippen LogP contribution in [0.2, 0.25) is 0 Å². The third-order valence-corrected chi connectivity index (χ3v) is 3.45. The molecule has 3 N–H and O–H groups in total. The zero-order valence-electron chi connectivity index (χ0n) is 12.1. The summed E-state index contributed by atoms with van der Waals surface area (Å²) < 4.78 is 39.7. The minimum absolute atomic E-state index is 0.0288. The van der Waals surface area contributed by atoms with Gasteiger partial charge in [-0.25, -0.2) is 19.3 Å². The average Bonchev–Trinajstić information content (AvgIpc) is 2.44. The molecule has 2 rings (SSSR count). The Kier molecular flexibility index (Phi) is 4.24. The van der Waals surface area contributed by atoms with Gasteiger partial charge < -0.3 is 15.5 Å². The van der Waals surface area contributed by atoms with Crippen molar-refractivity contribution >= 4 is 18.1 Å². The lowest BCUT2D eigenvalue weighted by molar-refractivity contribution is -0.139. The minimum Gasteiger partial charge on any atom is -0.478 e. The molecule has 0 saturated heterocycles. The number of rotatable bonds is 2. The van der Waals surface area contributed by atoms with Gasteiger partial charge in [0.25, 0.3) is 0 Å². The van der Waals surface area contributed by atoms with Crippen LogP contribution in [0.4, 0.5) is 22.8 Å². The summed E-state index contributed by atoms with van der Waals surface area (Å²) in [6.45, 7) is 1.17. The number of nitrogens with zero attached hydrogens (tertiary/aromatic N) is 1. The summed E-state index contributed by atoms with van der Waals surface area (Å²) in [5, 5.41) is 20.5. The van der Waals surface area contributed by atoms with Crippen molar-refractivity contribution in [3.05, 3.63) is 46.7 Å². The number of nitrogens with one attached hydrogen (secondary N) is 1. The summed E-state index contributed by atoms with van der Waals surface area (Å²) in [5.74, 6) is -1.64. The lowest BCUT2D eigenvalue weighted by Gasteiger charge is -2.35. The fourth-order valence-corrected chi connectivity index (χ4v) is 2.50. The normalized spacial score (nSPS) is 18.4. The molecule has 0 aromatic heterocycles. The number of amides is 3. The Bertz CT molecular complexity index is 757. The highest BCUT2D eigenvalue weighted by Gasteiger charge is 2.45. The van der Waals surface area contributed by atoms with E-state index >= 15 is 0 Å². The van der Waals surface area contributed by atoms with Crippen LogP contribution in [0.25, 0.3) is 0 Å². The van der Waals surface area contributed by atoms with E-state index in [1.54, 1.807) is 0 Å². The number of carboxylic acid groups (broad SMARTS) is 2. The number of allylic oxidation sites excluding steroid dienone is 1. The van der Waals surface area contributed by atoms with Crippen molar-refractivity contribution in [1.82, 2.24) is 10.2 Å². The maximum absolute atomic E-state index is 13.2. The number of alkyl halides is 3. The summed E-state index contributed by atoms with van der Waals surface area (Å²) in [6, 6.07) is 0.761. The van der Waals surface area contributed by atoms with Gasteiger partial charge in [0.15, 0.2) is 0 Å². The van der Waals surface area contributed by atoms with Gasteiger partial charge in [0.1, 0.15) is 6.04 Å². The molecule has 1 unspecified atom stereocenters. The van der Waals surface area contributed by atoms with Crippen LogP contribution in [0.15, 0.2) is 35.5 Å². The number of carboxylic acids is 1. The van der Waals surface area contributed by atoms with Gasteiger partial charge >= 0.3 is 24.3 Å². The molecule has 1 aromatic carbocycles. The van der Waals surface area contributed by atoms with Gasteiger partial charge in [-0.05, 0) is 18.6 Å². The van der Waals surface area contributed by atoms with Crippen molar-refractivity contribution < 1.29 is 37.8 Å². The summed E-state index contributed by atoms with van der Waals surface area (Å²) in [6.07, 6.45) is -6.73. The average molecular weight is 344 g/mol. The molecule has 1 heterocycles. The van der Waals surface area contributed by atoms with Gasteiger partial charge in [0, 0.05) is 5.70 Å². The van der Waals surface area contributed by atoms with E-state index in [1.807, 2.05) is 5.32 Å². The van der Waals surface area contributed by atoms with Crippen molar-refractivity contribution in [3.63, 3.8) is 0 Å². The quantitative estimate of drug-likeness (QED) is 0.765. The van der Waals surface area contributed by atoms with Crippen molar-refractivity contribution in [2.24, 2.45) is 0 Å². The Hall–Kier alpha value is -3.04. The molecule has 0 fully saturated rings. The van der Waals surface area contributed by atoms with Crippen LogP contribution < -0.4 is 5.32 Å². The smallest absolute Gasteiger partial charge is 0.416 e. The molecular formula is C14H11F3N2O5. The lowest BCUT2D eigenvalue weighted by atomic mass is 9.90. The number of benzene rings is 1. The molecule has 1 aliphatic rings. The first-order valence-corrected chi connectivity index (χ1v) is 6.49. The largest absolute Gasteiger partial charge is 0.478 e. The molecule has 0 radical (unpaired) electrons. The van der Waals surface area contributed by atoms with Crippen LogP contribution in [0.1, 0.15) is 24.1 Å². The third-order valence-electron chi connectivity index (χ3n) is 3.45. The molecule has 128 valence electrons. The van der Waals surface area contributed by atoms with Crippen molar-refractivity contribution in [1.29, 1.82) is 0 Å². The Labute approximate surface area is 133 Å². The summed E-state index contributed by atoms with van der Waals surface area (Å²) >= 11 is 0. The standard InChI is InChI=1S/C14H11F3N2O5/c1-6-9(11(20)21)10(19(13(23)24)12(22)18-6)7-4-2-3-5-8(7)14(15,16)17/h2-5,10H,1H3,(H,18,22)(H,20,21)(H,23,24). The summed E-state index contributed by atoms with van der Waals surface area (Å²) in [7, 11) is 0. The number of halogens is 3. The molecular weight excluding hydrogens is 333 g/mol. The molecule has 10 heteroatoms. The maximum Gasteiger partial charge on any atom is 0.416 e. The van der Waals surface area contributed by atoms with Gasteiger partial charge in [-0.3, -0.25) is 0 Å². The third kappa shape index (κ3) is 2.90. The number of hydrogen-bond acceptors (Lipinski definition) is 3. The fraction of sp³-hybridized carbons (Fsp3) is 0.214. The number of carbonyl (C=O) groups excluding carboxylic acids is 1. The first-order valence-electron chi connectivity index (χ1n) is 6.49. The van der Waals surface area contributed by atoms with E-state index in [1.165, 1.54) is 13.0 Å². The fourth-order valence-electron chi connectivity index (χ4n) is 2.50. The van der Waals surface area contributed by atoms with Gasteiger partial charge in [0.05, 0.1) is 11.1 Å². The van der Waals surface area contributed by atoms with Gasteiger partial charge in [0.2, 0.25) is 0 Å². The van der Waals surface area contributed by atoms with Crippen molar-refractivity contribution in [2.45, 2.75) is 19.1 Å². The lowest BCUT2D eigenvalue weighted by Crippen LogP contribution is -2.51. The number of aliphatic carboxylic acids is 1. The molecule has 1 aliphatic heterocycles. The van der Waals surface area contributed by atoms with E-state index < -0.39 is 47.0 Å². The van der Waals surface area contributed by atoms with Crippen LogP contribution in [0.5, 0.6) is 0 Å². The first-order chi connectivity index (χ1) is 11.1. The Morgan fingerprint density at radius 2 is 1.79 bits per heavy atom. The molecule has 24 heavy (non-hydrogen) atoms. The first kappa shape index (κ1) is 17.3.